The van der Waals surface area contributed by atoms with Crippen LogP contribution in [0.3, 0.4) is 0 Å². The maximum Gasteiger partial charge on any atom is 0.329 e. The molecule has 5 nitrogen and oxygen atoms in total. The molecule has 0 saturated carbocycles. The van der Waals surface area contributed by atoms with E-state index in [0.717, 1.165) is 20.6 Å². The van der Waals surface area contributed by atoms with Gasteiger partial charge in [-0.15, -0.1) is 11.3 Å². The average Bonchev–Trinajstić information content (AvgIpc) is 3.03. The lowest BCUT2D eigenvalue weighted by atomic mass is 10.0. The zero-order valence-electron chi connectivity index (χ0n) is 16.7. The molecule has 0 atom stereocenters. The van der Waals surface area contributed by atoms with Gasteiger partial charge in [-0.2, -0.15) is 0 Å². The zero-order chi connectivity index (χ0) is 21.6. The Hall–Kier alpha value is -3.32. The summed E-state index contributed by atoms with van der Waals surface area (Å²) >= 11 is 1.29. The molecule has 0 fully saturated rings. The highest BCUT2D eigenvalue weighted by Crippen LogP contribution is 2.35. The van der Waals surface area contributed by atoms with Crippen molar-refractivity contribution in [2.24, 2.45) is 0 Å². The van der Waals surface area contributed by atoms with Crippen LogP contribution in [0.1, 0.15) is 26.4 Å². The second kappa shape index (κ2) is 7.50. The number of aromatic amines is 1. The number of nitrogens with one attached hydrogen (secondary N) is 1. The van der Waals surface area contributed by atoms with Crippen LogP contribution in [0.15, 0.2) is 52.1 Å². The summed E-state index contributed by atoms with van der Waals surface area (Å²) < 4.78 is 14.3. The average molecular weight is 422 g/mol. The molecule has 2 aromatic heterocycles. The number of fused-ring (bicyclic) bond motifs is 1. The molecule has 0 aliphatic carbocycles. The quantitative estimate of drug-likeness (QED) is 0.497. The fourth-order valence-corrected chi connectivity index (χ4v) is 4.54. The first kappa shape index (κ1) is 20.0. The molecule has 0 aliphatic rings. The highest BCUT2D eigenvalue weighted by atomic mass is 32.1. The second-order valence-electron chi connectivity index (χ2n) is 7.29. The number of Topliss-reactive ketones (excluding diaryl/α,β-unsaturated/α-hetero) is 1. The molecule has 0 unspecified atom stereocenters. The Morgan fingerprint density at radius 3 is 2.40 bits per heavy atom. The maximum absolute atomic E-state index is 13.3. The highest BCUT2D eigenvalue weighted by Gasteiger charge is 2.20. The molecule has 4 aromatic rings. The minimum Gasteiger partial charge on any atom is -0.298 e. The predicted octanol–water partition coefficient (Wildman–Crippen LogP) is 4.37. The first-order valence-electron chi connectivity index (χ1n) is 9.39. The van der Waals surface area contributed by atoms with E-state index in [9.17, 15) is 18.8 Å². The summed E-state index contributed by atoms with van der Waals surface area (Å²) in [6.07, 6.45) is 0. The van der Waals surface area contributed by atoms with Crippen molar-refractivity contribution in [3.05, 3.63) is 90.7 Å². The van der Waals surface area contributed by atoms with Crippen LogP contribution < -0.4 is 11.2 Å². The third kappa shape index (κ3) is 3.41. The van der Waals surface area contributed by atoms with E-state index in [0.29, 0.717) is 26.9 Å². The first-order valence-corrected chi connectivity index (χ1v) is 10.2. The molecule has 0 amide bonds. The minimum atomic E-state index is -0.628. The summed E-state index contributed by atoms with van der Waals surface area (Å²) in [5, 5.41) is 0.330. The van der Waals surface area contributed by atoms with Crippen molar-refractivity contribution in [3.63, 3.8) is 0 Å². The molecule has 1 N–H and O–H groups in total. The smallest absolute Gasteiger partial charge is 0.298 e. The standard InChI is InChI=1S/C23H19FN2O3S/c1-12-4-5-16(10-13(12)2)18(27)11-26-22(28)20-19(15-6-8-17(24)9-7-15)14(3)30-21(20)25-23(26)29/h4-10H,11H2,1-3H3,(H,25,29). The van der Waals surface area contributed by atoms with Crippen LogP contribution in [0, 0.1) is 26.6 Å². The van der Waals surface area contributed by atoms with E-state index in [1.54, 1.807) is 24.3 Å². The number of halogens is 1. The van der Waals surface area contributed by atoms with Crippen LogP contribution in [-0.2, 0) is 6.54 Å². The van der Waals surface area contributed by atoms with Crippen LogP contribution in [0.25, 0.3) is 21.3 Å². The van der Waals surface area contributed by atoms with Gasteiger partial charge in [-0.1, -0.05) is 24.3 Å². The van der Waals surface area contributed by atoms with E-state index in [4.69, 9.17) is 0 Å². The number of aryl methyl sites for hydroxylation is 3. The summed E-state index contributed by atoms with van der Waals surface area (Å²) in [5.41, 5.74) is 2.63. The van der Waals surface area contributed by atoms with Gasteiger partial charge >= 0.3 is 5.69 Å². The first-order chi connectivity index (χ1) is 14.3. The largest absolute Gasteiger partial charge is 0.329 e. The molecule has 4 rings (SSSR count). The number of rotatable bonds is 4. The van der Waals surface area contributed by atoms with Crippen LogP contribution in [0.4, 0.5) is 4.39 Å². The third-order valence-electron chi connectivity index (χ3n) is 5.27. The van der Waals surface area contributed by atoms with Crippen molar-refractivity contribution in [2.75, 3.05) is 0 Å². The van der Waals surface area contributed by atoms with Crippen LogP contribution >= 0.6 is 11.3 Å². The summed E-state index contributed by atoms with van der Waals surface area (Å²) in [6, 6.07) is 11.1. The van der Waals surface area contributed by atoms with Crippen LogP contribution in [0.2, 0.25) is 0 Å². The van der Waals surface area contributed by atoms with E-state index in [1.807, 2.05) is 26.8 Å². The number of carbonyl (C=O) groups is 1. The van der Waals surface area contributed by atoms with Crippen molar-refractivity contribution in [2.45, 2.75) is 27.3 Å². The molecular weight excluding hydrogens is 403 g/mol. The second-order valence-corrected chi connectivity index (χ2v) is 8.51. The van der Waals surface area contributed by atoms with E-state index in [-0.39, 0.29) is 18.1 Å². The Kier molecular flexibility index (Phi) is 4.99. The van der Waals surface area contributed by atoms with Gasteiger partial charge < -0.3 is 0 Å². The zero-order valence-corrected chi connectivity index (χ0v) is 17.5. The van der Waals surface area contributed by atoms with Gasteiger partial charge in [-0.25, -0.2) is 9.18 Å². The van der Waals surface area contributed by atoms with Gasteiger partial charge in [-0.05, 0) is 55.7 Å². The number of thiophene rings is 1. The molecule has 2 heterocycles. The Morgan fingerprint density at radius 1 is 1.03 bits per heavy atom. The number of H-pyrrole nitrogens is 1. The molecule has 0 spiro atoms. The van der Waals surface area contributed by atoms with Gasteiger partial charge in [0.2, 0.25) is 0 Å². The van der Waals surface area contributed by atoms with Crippen LogP contribution in [0.5, 0.6) is 0 Å². The molecule has 0 aliphatic heterocycles. The van der Waals surface area contributed by atoms with Crippen molar-refractivity contribution < 1.29 is 9.18 Å². The van der Waals surface area contributed by atoms with E-state index < -0.39 is 11.2 Å². The number of hydrogen-bond acceptors (Lipinski definition) is 4. The Bertz CT molecular complexity index is 1410. The lowest BCUT2D eigenvalue weighted by Gasteiger charge is -2.08. The minimum absolute atomic E-state index is 0.319. The topological polar surface area (TPSA) is 71.9 Å². The number of carbonyl (C=O) groups excluding carboxylic acids is 1. The number of benzene rings is 2. The lowest BCUT2D eigenvalue weighted by Crippen LogP contribution is -2.37. The Labute approximate surface area is 175 Å². The molecule has 0 radical (unpaired) electrons. The molecule has 7 heteroatoms. The molecule has 0 bridgehead atoms. The Balaban J connectivity index is 1.85. The fourth-order valence-electron chi connectivity index (χ4n) is 3.49. The van der Waals surface area contributed by atoms with Crippen LogP contribution in [-0.4, -0.2) is 15.3 Å². The van der Waals surface area contributed by atoms with Gasteiger partial charge in [0.1, 0.15) is 10.6 Å². The Morgan fingerprint density at radius 2 is 1.73 bits per heavy atom. The number of nitrogens with zero attached hydrogens (tertiary/aromatic N) is 1. The number of ketones is 1. The molecule has 0 saturated heterocycles. The molecule has 2 aromatic carbocycles. The van der Waals surface area contributed by atoms with Gasteiger partial charge in [0.15, 0.2) is 5.78 Å². The molecule has 30 heavy (non-hydrogen) atoms. The lowest BCUT2D eigenvalue weighted by molar-refractivity contribution is 0.0969. The normalized spacial score (nSPS) is 11.2. The van der Waals surface area contributed by atoms with Gasteiger partial charge in [0.05, 0.1) is 11.9 Å². The van der Waals surface area contributed by atoms with E-state index in [1.165, 1.54) is 23.5 Å². The van der Waals surface area contributed by atoms with Crippen molar-refractivity contribution in [3.8, 4) is 11.1 Å². The van der Waals surface area contributed by atoms with Gasteiger partial charge in [0, 0.05) is 16.0 Å². The summed E-state index contributed by atoms with van der Waals surface area (Å²) in [6.45, 7) is 5.33. The maximum atomic E-state index is 13.3. The summed E-state index contributed by atoms with van der Waals surface area (Å²) in [5.74, 6) is -0.693. The highest BCUT2D eigenvalue weighted by molar-refractivity contribution is 7.19. The summed E-state index contributed by atoms with van der Waals surface area (Å²) in [7, 11) is 0. The SMILES string of the molecule is Cc1ccc(C(=O)Cn2c(=O)[nH]c3sc(C)c(-c4ccc(F)cc4)c3c2=O)cc1C. The fraction of sp³-hybridized carbons (Fsp3) is 0.174. The van der Waals surface area contributed by atoms with Crippen molar-refractivity contribution in [1.82, 2.24) is 9.55 Å². The van der Waals surface area contributed by atoms with Gasteiger partial charge in [0.25, 0.3) is 5.56 Å². The van der Waals surface area contributed by atoms with Gasteiger partial charge in [-0.3, -0.25) is 19.1 Å². The number of aromatic nitrogens is 2. The van der Waals surface area contributed by atoms with E-state index >= 15 is 0 Å². The monoisotopic (exact) mass is 422 g/mol. The number of hydrogen-bond donors (Lipinski definition) is 1. The third-order valence-corrected chi connectivity index (χ3v) is 6.29. The summed E-state index contributed by atoms with van der Waals surface area (Å²) in [4.78, 5) is 42.5. The predicted molar refractivity (Wildman–Crippen MR) is 117 cm³/mol. The van der Waals surface area contributed by atoms with Crippen molar-refractivity contribution in [1.29, 1.82) is 0 Å². The molecular formula is C23H19FN2O3S. The molecule has 152 valence electrons. The van der Waals surface area contributed by atoms with E-state index in [2.05, 4.69) is 4.98 Å². The van der Waals surface area contributed by atoms with Crippen molar-refractivity contribution >= 4 is 27.3 Å².